The normalized spacial score (nSPS) is 17.4. The van der Waals surface area contributed by atoms with Crippen LogP contribution in [0.2, 0.25) is 0 Å². The van der Waals surface area contributed by atoms with Crippen LogP contribution in [0.15, 0.2) is 41.6 Å². The number of hydrogen-bond donors (Lipinski definition) is 1. The summed E-state index contributed by atoms with van der Waals surface area (Å²) in [4.78, 5) is 18.3. The smallest absolute Gasteiger partial charge is 0.230 e. The first-order valence-electron chi connectivity index (χ1n) is 7.94. The number of anilines is 2. The van der Waals surface area contributed by atoms with E-state index >= 15 is 0 Å². The molecule has 1 unspecified atom stereocenters. The minimum absolute atomic E-state index is 0.0641. The van der Waals surface area contributed by atoms with Crippen molar-refractivity contribution in [3.63, 3.8) is 0 Å². The van der Waals surface area contributed by atoms with E-state index in [4.69, 9.17) is 4.52 Å². The van der Waals surface area contributed by atoms with Crippen LogP contribution in [0.1, 0.15) is 12.8 Å². The largest absolute Gasteiger partial charge is 0.363 e. The highest BCUT2D eigenvalue weighted by Gasteiger charge is 2.27. The van der Waals surface area contributed by atoms with Crippen LogP contribution in [0.4, 0.5) is 11.6 Å². The predicted molar refractivity (Wildman–Crippen MR) is 87.0 cm³/mol. The van der Waals surface area contributed by atoms with E-state index in [1.165, 1.54) is 12.6 Å². The van der Waals surface area contributed by atoms with E-state index in [1.54, 1.807) is 17.1 Å². The van der Waals surface area contributed by atoms with Crippen molar-refractivity contribution in [3.8, 4) is 5.82 Å². The van der Waals surface area contributed by atoms with Gasteiger partial charge in [0, 0.05) is 19.2 Å². The van der Waals surface area contributed by atoms with Crippen LogP contribution in [0, 0.1) is 5.92 Å². The van der Waals surface area contributed by atoms with Crippen LogP contribution < -0.4 is 10.2 Å². The van der Waals surface area contributed by atoms with E-state index in [9.17, 15) is 4.79 Å². The van der Waals surface area contributed by atoms with Gasteiger partial charge in [-0.3, -0.25) is 4.79 Å². The summed E-state index contributed by atoms with van der Waals surface area (Å²) < 4.78 is 6.27. The molecule has 0 spiro atoms. The van der Waals surface area contributed by atoms with Gasteiger partial charge in [-0.05, 0) is 25.0 Å². The number of piperidine rings is 1. The number of rotatable bonds is 4. The number of carbonyl (C=O) groups excluding carboxylic acids is 1. The SMILES string of the molecule is O=C(Nc1ccon1)C1CCCN(c2ccc(-n3cncn3)nn2)C1. The molecule has 1 amide bonds. The van der Waals surface area contributed by atoms with Gasteiger partial charge in [0.05, 0.1) is 5.92 Å². The Labute approximate surface area is 142 Å². The van der Waals surface area contributed by atoms with E-state index in [-0.39, 0.29) is 11.8 Å². The van der Waals surface area contributed by atoms with Gasteiger partial charge in [-0.25, -0.2) is 9.67 Å². The maximum atomic E-state index is 12.4. The lowest BCUT2D eigenvalue weighted by molar-refractivity contribution is -0.120. The van der Waals surface area contributed by atoms with Gasteiger partial charge in [-0.1, -0.05) is 5.16 Å². The van der Waals surface area contributed by atoms with Gasteiger partial charge < -0.3 is 14.7 Å². The third-order valence-corrected chi connectivity index (χ3v) is 4.10. The highest BCUT2D eigenvalue weighted by atomic mass is 16.5. The van der Waals surface area contributed by atoms with E-state index in [2.05, 4.69) is 35.7 Å². The van der Waals surface area contributed by atoms with Crippen molar-refractivity contribution in [2.45, 2.75) is 12.8 Å². The van der Waals surface area contributed by atoms with Gasteiger partial charge in [0.1, 0.15) is 18.9 Å². The molecule has 0 radical (unpaired) electrons. The van der Waals surface area contributed by atoms with Crippen LogP contribution in [-0.4, -0.2) is 49.1 Å². The molecule has 3 aromatic heterocycles. The number of aromatic nitrogens is 6. The quantitative estimate of drug-likeness (QED) is 0.745. The standard InChI is InChI=1S/C15H16N8O2/c24-15(18-12-5-7-25-21-12)11-2-1-6-22(8-11)13-3-4-14(20-19-13)23-10-16-9-17-23/h3-5,7,9-11H,1-2,6,8H2,(H,18,21,24). The molecule has 4 heterocycles. The fourth-order valence-corrected chi connectivity index (χ4v) is 2.84. The highest BCUT2D eigenvalue weighted by molar-refractivity contribution is 5.92. The molecule has 1 fully saturated rings. The molecule has 1 aliphatic heterocycles. The van der Waals surface area contributed by atoms with Crippen molar-refractivity contribution in [3.05, 3.63) is 37.1 Å². The van der Waals surface area contributed by atoms with Crippen molar-refractivity contribution < 1.29 is 9.32 Å². The first kappa shape index (κ1) is 15.2. The zero-order chi connectivity index (χ0) is 17.1. The van der Waals surface area contributed by atoms with Gasteiger partial charge in [-0.2, -0.15) is 5.10 Å². The lowest BCUT2D eigenvalue weighted by Gasteiger charge is -2.32. The van der Waals surface area contributed by atoms with E-state index in [0.29, 0.717) is 18.2 Å². The minimum atomic E-state index is -0.137. The van der Waals surface area contributed by atoms with Crippen LogP contribution in [0.25, 0.3) is 5.82 Å². The molecule has 3 aromatic rings. The number of amides is 1. The fraction of sp³-hybridized carbons (Fsp3) is 0.333. The summed E-state index contributed by atoms with van der Waals surface area (Å²) in [6, 6.07) is 5.32. The maximum Gasteiger partial charge on any atom is 0.230 e. The number of carbonyl (C=O) groups is 1. The molecule has 0 aliphatic carbocycles. The molecule has 128 valence electrons. The van der Waals surface area contributed by atoms with Crippen LogP contribution in [0.3, 0.4) is 0 Å². The van der Waals surface area contributed by atoms with Crippen molar-refractivity contribution in [1.82, 2.24) is 30.1 Å². The van der Waals surface area contributed by atoms with Gasteiger partial charge in [-0.15, -0.1) is 10.2 Å². The highest BCUT2D eigenvalue weighted by Crippen LogP contribution is 2.22. The average Bonchev–Trinajstić information content (AvgIpc) is 3.36. The summed E-state index contributed by atoms with van der Waals surface area (Å²) in [5, 5.41) is 18.9. The number of hydrogen-bond acceptors (Lipinski definition) is 8. The first-order chi connectivity index (χ1) is 12.3. The molecule has 10 heteroatoms. The Morgan fingerprint density at radius 2 is 2.12 bits per heavy atom. The fourth-order valence-electron chi connectivity index (χ4n) is 2.84. The van der Waals surface area contributed by atoms with Crippen molar-refractivity contribution in [1.29, 1.82) is 0 Å². The Balaban J connectivity index is 1.43. The molecular weight excluding hydrogens is 324 g/mol. The molecule has 10 nitrogen and oxygen atoms in total. The summed E-state index contributed by atoms with van der Waals surface area (Å²) in [7, 11) is 0. The van der Waals surface area contributed by atoms with Crippen molar-refractivity contribution in [2.75, 3.05) is 23.3 Å². The third kappa shape index (κ3) is 3.32. The Kier molecular flexibility index (Phi) is 4.07. The van der Waals surface area contributed by atoms with E-state index < -0.39 is 0 Å². The molecule has 25 heavy (non-hydrogen) atoms. The molecule has 1 saturated heterocycles. The molecule has 4 rings (SSSR count). The second-order valence-corrected chi connectivity index (χ2v) is 5.75. The first-order valence-corrected chi connectivity index (χ1v) is 7.94. The molecule has 0 bridgehead atoms. The zero-order valence-electron chi connectivity index (χ0n) is 13.3. The monoisotopic (exact) mass is 340 g/mol. The second kappa shape index (κ2) is 6.67. The number of nitrogens with zero attached hydrogens (tertiary/aromatic N) is 7. The maximum absolute atomic E-state index is 12.4. The molecule has 1 atom stereocenters. The van der Waals surface area contributed by atoms with Crippen molar-refractivity contribution in [2.24, 2.45) is 5.92 Å². The molecule has 1 aliphatic rings. The lowest BCUT2D eigenvalue weighted by atomic mass is 9.97. The van der Waals surface area contributed by atoms with Crippen LogP contribution in [-0.2, 0) is 4.79 Å². The summed E-state index contributed by atoms with van der Waals surface area (Å²) >= 11 is 0. The van der Waals surface area contributed by atoms with Gasteiger partial charge in [0.2, 0.25) is 5.91 Å². The zero-order valence-corrected chi connectivity index (χ0v) is 13.3. The van der Waals surface area contributed by atoms with Gasteiger partial charge >= 0.3 is 0 Å². The topological polar surface area (TPSA) is 115 Å². The summed E-state index contributed by atoms with van der Waals surface area (Å²) in [5.74, 6) is 1.56. The van der Waals surface area contributed by atoms with Crippen molar-refractivity contribution >= 4 is 17.5 Å². The average molecular weight is 340 g/mol. The van der Waals surface area contributed by atoms with Gasteiger partial charge in [0.15, 0.2) is 17.5 Å². The molecule has 0 saturated carbocycles. The molecular formula is C15H16N8O2. The summed E-state index contributed by atoms with van der Waals surface area (Å²) in [6.45, 7) is 1.42. The van der Waals surface area contributed by atoms with Crippen LogP contribution >= 0.6 is 0 Å². The lowest BCUT2D eigenvalue weighted by Crippen LogP contribution is -2.41. The predicted octanol–water partition coefficient (Wildman–Crippen LogP) is 0.900. The minimum Gasteiger partial charge on any atom is -0.363 e. The van der Waals surface area contributed by atoms with Gasteiger partial charge in [0.25, 0.3) is 0 Å². The third-order valence-electron chi connectivity index (χ3n) is 4.10. The van der Waals surface area contributed by atoms with E-state index in [1.807, 2.05) is 12.1 Å². The summed E-state index contributed by atoms with van der Waals surface area (Å²) in [6.07, 6.45) is 6.16. The number of nitrogens with one attached hydrogen (secondary N) is 1. The van der Waals surface area contributed by atoms with Crippen LogP contribution in [0.5, 0.6) is 0 Å². The Morgan fingerprint density at radius 3 is 2.84 bits per heavy atom. The Hall–Kier alpha value is -3.30. The Bertz CT molecular complexity index is 816. The molecule has 0 aromatic carbocycles. The summed E-state index contributed by atoms with van der Waals surface area (Å²) in [5.41, 5.74) is 0. The molecule has 1 N–H and O–H groups in total. The Morgan fingerprint density at radius 1 is 1.24 bits per heavy atom. The second-order valence-electron chi connectivity index (χ2n) is 5.75. The van der Waals surface area contributed by atoms with E-state index in [0.717, 1.165) is 25.2 Å².